The van der Waals surface area contributed by atoms with Crippen LogP contribution in [-0.4, -0.2) is 4.57 Å². The number of ether oxygens (including phenoxy) is 1. The minimum absolute atomic E-state index is 0.0442. The summed E-state index contributed by atoms with van der Waals surface area (Å²) >= 11 is 0. The van der Waals surface area contributed by atoms with Crippen molar-refractivity contribution in [2.45, 2.75) is 0 Å². The van der Waals surface area contributed by atoms with E-state index in [0.29, 0.717) is 33.3 Å². The van der Waals surface area contributed by atoms with Gasteiger partial charge < -0.3 is 23.0 Å². The minimum atomic E-state index is -0.0442. The monoisotopic (exact) mass is 632 g/mol. The van der Waals surface area contributed by atoms with Crippen molar-refractivity contribution in [1.82, 2.24) is 4.57 Å². The Morgan fingerprint density at radius 3 is 2.04 bits per heavy atom. The molecule has 230 valence electrons. The van der Waals surface area contributed by atoms with E-state index in [9.17, 15) is 4.79 Å². The summed E-state index contributed by atoms with van der Waals surface area (Å²) in [5.74, 6) is 1.42. The van der Waals surface area contributed by atoms with E-state index in [4.69, 9.17) is 13.6 Å². The highest BCUT2D eigenvalue weighted by Gasteiger charge is 2.35. The first-order chi connectivity index (χ1) is 24.2. The molecule has 0 fully saturated rings. The number of nitrogens with zero attached hydrogens (tertiary/aromatic N) is 2. The smallest absolute Gasteiger partial charge is 0.200 e. The molecule has 49 heavy (non-hydrogen) atoms. The third-order valence-corrected chi connectivity index (χ3v) is 9.74. The highest BCUT2D eigenvalue weighted by Crippen LogP contribution is 2.59. The van der Waals surface area contributed by atoms with Crippen LogP contribution in [0.2, 0.25) is 0 Å². The second-order valence-electron chi connectivity index (χ2n) is 12.4. The standard InChI is InChI=1S/C43H24N2O4/c46-41-29-16-6-10-20-34(29)47-36-24-26(22-23-30(36)41)45-31-17-7-4-14-27(31)37-39(45)38-28-15-5-9-19-33(28)48-42(38)43-40(37)44(25-12-2-1-3-13-25)32-18-8-11-21-35(32)49-43/h1-24H. The fourth-order valence-electron chi connectivity index (χ4n) is 7.69. The summed E-state index contributed by atoms with van der Waals surface area (Å²) in [6.45, 7) is 0. The molecule has 0 aliphatic carbocycles. The van der Waals surface area contributed by atoms with Crippen LogP contribution < -0.4 is 15.1 Å². The molecule has 0 atom stereocenters. The Morgan fingerprint density at radius 2 is 1.18 bits per heavy atom. The summed E-state index contributed by atoms with van der Waals surface area (Å²) in [4.78, 5) is 15.8. The van der Waals surface area contributed by atoms with Gasteiger partial charge in [0.1, 0.15) is 22.4 Å². The normalized spacial score (nSPS) is 12.7. The van der Waals surface area contributed by atoms with Crippen molar-refractivity contribution in [3.05, 3.63) is 156 Å². The zero-order valence-corrected chi connectivity index (χ0v) is 25.9. The van der Waals surface area contributed by atoms with Gasteiger partial charge >= 0.3 is 0 Å². The van der Waals surface area contributed by atoms with E-state index in [1.807, 2.05) is 84.9 Å². The zero-order valence-electron chi connectivity index (χ0n) is 25.9. The molecule has 0 unspecified atom stereocenters. The minimum Gasteiger partial charge on any atom is -0.456 e. The number of anilines is 3. The summed E-state index contributed by atoms with van der Waals surface area (Å²) in [7, 11) is 0. The van der Waals surface area contributed by atoms with Crippen LogP contribution in [-0.2, 0) is 0 Å². The van der Waals surface area contributed by atoms with Gasteiger partial charge in [-0.2, -0.15) is 0 Å². The lowest BCUT2D eigenvalue weighted by molar-refractivity contribution is 0.472. The van der Waals surface area contributed by atoms with Crippen molar-refractivity contribution >= 4 is 82.7 Å². The Bertz CT molecular complexity index is 3060. The van der Waals surface area contributed by atoms with Crippen molar-refractivity contribution in [2.75, 3.05) is 4.90 Å². The van der Waals surface area contributed by atoms with E-state index in [1.54, 1.807) is 0 Å². The number of aromatic nitrogens is 1. The van der Waals surface area contributed by atoms with Crippen LogP contribution in [0.5, 0.6) is 11.5 Å². The van der Waals surface area contributed by atoms with Crippen molar-refractivity contribution in [3.63, 3.8) is 0 Å². The molecular formula is C43H24N2O4. The summed E-state index contributed by atoms with van der Waals surface area (Å²) in [5.41, 5.74) is 8.19. The number of para-hydroxylation sites is 6. The van der Waals surface area contributed by atoms with E-state index >= 15 is 0 Å². The molecule has 0 saturated heterocycles. The predicted molar refractivity (Wildman–Crippen MR) is 196 cm³/mol. The van der Waals surface area contributed by atoms with E-state index in [1.165, 1.54) is 0 Å². The molecule has 4 heterocycles. The molecule has 6 heteroatoms. The largest absolute Gasteiger partial charge is 0.456 e. The summed E-state index contributed by atoms with van der Waals surface area (Å²) in [5, 5.41) is 5.14. The molecule has 10 aromatic rings. The molecule has 6 nitrogen and oxygen atoms in total. The number of rotatable bonds is 2. The summed E-state index contributed by atoms with van der Waals surface area (Å²) in [6, 6.07) is 48.3. The molecule has 1 aliphatic rings. The van der Waals surface area contributed by atoms with Crippen molar-refractivity contribution in [1.29, 1.82) is 0 Å². The third kappa shape index (κ3) is 3.52. The lowest BCUT2D eigenvalue weighted by Gasteiger charge is -2.33. The average molecular weight is 633 g/mol. The van der Waals surface area contributed by atoms with Crippen molar-refractivity contribution in [2.24, 2.45) is 0 Å². The van der Waals surface area contributed by atoms with Crippen LogP contribution in [0.15, 0.2) is 159 Å². The van der Waals surface area contributed by atoms with Gasteiger partial charge in [-0.25, -0.2) is 0 Å². The first kappa shape index (κ1) is 26.3. The lowest BCUT2D eigenvalue weighted by Crippen LogP contribution is -2.16. The van der Waals surface area contributed by atoms with Crippen LogP contribution in [0.4, 0.5) is 17.1 Å². The maximum Gasteiger partial charge on any atom is 0.200 e. The average Bonchev–Trinajstić information content (AvgIpc) is 3.71. The van der Waals surface area contributed by atoms with Gasteiger partial charge in [0, 0.05) is 33.6 Å². The molecule has 0 saturated carbocycles. The first-order valence-electron chi connectivity index (χ1n) is 16.2. The second-order valence-corrected chi connectivity index (χ2v) is 12.4. The van der Waals surface area contributed by atoms with E-state index in [2.05, 4.69) is 70.1 Å². The maximum absolute atomic E-state index is 13.5. The number of hydrogen-bond donors (Lipinski definition) is 0. The molecule has 0 spiro atoms. The van der Waals surface area contributed by atoms with Crippen LogP contribution >= 0.6 is 0 Å². The molecule has 7 aromatic carbocycles. The molecule has 1 aliphatic heterocycles. The second kappa shape index (κ2) is 9.62. The fourth-order valence-corrected chi connectivity index (χ4v) is 7.69. The maximum atomic E-state index is 13.5. The molecule has 0 N–H and O–H groups in total. The zero-order chi connectivity index (χ0) is 32.2. The molecule has 3 aromatic heterocycles. The Labute approximate surface area is 278 Å². The van der Waals surface area contributed by atoms with E-state index < -0.39 is 0 Å². The van der Waals surface area contributed by atoms with Crippen LogP contribution in [0.25, 0.3) is 71.4 Å². The number of furan rings is 1. The Hall–Kier alpha value is -6.79. The molecule has 11 rings (SSSR count). The molecule has 0 amide bonds. The number of benzene rings is 7. The SMILES string of the molecule is O=c1c2ccccc2oc2cc(-n3c4ccccc4c4c5c(c6oc7ccccc7c6c43)Oc3ccccc3N5c3ccccc3)ccc12. The number of fused-ring (bicyclic) bond motifs is 13. The van der Waals surface area contributed by atoms with Gasteiger partial charge in [0.05, 0.1) is 32.9 Å². The van der Waals surface area contributed by atoms with Gasteiger partial charge in [-0.05, 0) is 60.7 Å². The lowest BCUT2D eigenvalue weighted by atomic mass is 10.0. The predicted octanol–water partition coefficient (Wildman–Crippen LogP) is 11.5. The van der Waals surface area contributed by atoms with Crippen molar-refractivity contribution in [3.8, 4) is 17.2 Å². The highest BCUT2D eigenvalue weighted by atomic mass is 16.5. The summed E-state index contributed by atoms with van der Waals surface area (Å²) < 4.78 is 22.3. The first-order valence-corrected chi connectivity index (χ1v) is 16.2. The van der Waals surface area contributed by atoms with Crippen LogP contribution in [0.3, 0.4) is 0 Å². The molecule has 0 radical (unpaired) electrons. The quantitative estimate of drug-likeness (QED) is 0.178. The Balaban J connectivity index is 1.35. The third-order valence-electron chi connectivity index (χ3n) is 9.74. The van der Waals surface area contributed by atoms with Gasteiger partial charge in [-0.15, -0.1) is 0 Å². The Kier molecular flexibility index (Phi) is 5.16. The topological polar surface area (TPSA) is 60.8 Å². The highest BCUT2D eigenvalue weighted by molar-refractivity contribution is 6.31. The van der Waals surface area contributed by atoms with E-state index in [0.717, 1.165) is 66.7 Å². The van der Waals surface area contributed by atoms with Gasteiger partial charge in [-0.1, -0.05) is 78.9 Å². The van der Waals surface area contributed by atoms with Crippen LogP contribution in [0, 0.1) is 0 Å². The fraction of sp³-hybridized carbons (Fsp3) is 0. The van der Waals surface area contributed by atoms with Crippen molar-refractivity contribution < 1.29 is 13.6 Å². The molecule has 0 bridgehead atoms. The van der Waals surface area contributed by atoms with Crippen LogP contribution in [0.1, 0.15) is 0 Å². The van der Waals surface area contributed by atoms with Gasteiger partial charge in [0.25, 0.3) is 0 Å². The summed E-state index contributed by atoms with van der Waals surface area (Å²) in [6.07, 6.45) is 0. The molecular weight excluding hydrogens is 608 g/mol. The van der Waals surface area contributed by atoms with Gasteiger partial charge in [0.2, 0.25) is 5.43 Å². The van der Waals surface area contributed by atoms with Gasteiger partial charge in [-0.3, -0.25) is 4.79 Å². The van der Waals surface area contributed by atoms with Gasteiger partial charge in [0.15, 0.2) is 17.1 Å². The van der Waals surface area contributed by atoms with E-state index in [-0.39, 0.29) is 5.43 Å². The number of hydrogen-bond acceptors (Lipinski definition) is 5. The Morgan fingerprint density at radius 1 is 0.510 bits per heavy atom.